The predicted molar refractivity (Wildman–Crippen MR) is 212 cm³/mol. The zero-order chi connectivity index (χ0) is 40.0. The summed E-state index contributed by atoms with van der Waals surface area (Å²) in [5.74, 6) is 1.01. The number of aromatic nitrogens is 5. The number of nitrogens with one attached hydrogen (secondary N) is 3. The van der Waals surface area contributed by atoms with Crippen molar-refractivity contribution in [2.45, 2.75) is 70.3 Å². The van der Waals surface area contributed by atoms with Gasteiger partial charge in [0.25, 0.3) is 18.2 Å². The summed E-state index contributed by atoms with van der Waals surface area (Å²) >= 11 is 0. The second-order valence-electron chi connectivity index (χ2n) is 15.1. The Morgan fingerprint density at radius 3 is 2.62 bits per heavy atom. The zero-order valence-corrected chi connectivity index (χ0v) is 32.2. The minimum atomic E-state index is -2.85. The number of imide groups is 1. The van der Waals surface area contributed by atoms with Gasteiger partial charge in [-0.05, 0) is 93.3 Å². The van der Waals surface area contributed by atoms with Gasteiger partial charge in [-0.3, -0.25) is 24.4 Å². The molecule has 3 aromatic heterocycles. The van der Waals surface area contributed by atoms with E-state index in [1.165, 1.54) is 16.9 Å². The summed E-state index contributed by atoms with van der Waals surface area (Å²) in [6.45, 7) is 4.33. The summed E-state index contributed by atoms with van der Waals surface area (Å²) in [5, 5.41) is 17.2. The lowest BCUT2D eigenvalue weighted by atomic mass is 9.86. The van der Waals surface area contributed by atoms with Crippen molar-refractivity contribution in [2.24, 2.45) is 5.92 Å². The van der Waals surface area contributed by atoms with E-state index in [1.54, 1.807) is 29.1 Å². The standard InChI is InChI=1S/C42H47F2N9O5/c43-39(44)38-32(47-41(55)31-25-46-52-18-16-35(48-40(31)52)51-19-21-57-22-20-51)26-53(50-38)30-14-12-27(13-15-30)24-45-17-5-1-2-7-28-8-3-4-10-33(28)58-34-11-6-9-29-23-36(54)49-42(56)37(29)34/h3-4,6,8-11,16,18,25-27,30,39,45H,1-2,5,7,12-15,17,19-24H2,(H,47,55)(H,49,54,56)/t27-,30-. The third kappa shape index (κ3) is 8.87. The number of morpholine rings is 1. The second-order valence-corrected chi connectivity index (χ2v) is 15.1. The van der Waals surface area contributed by atoms with Crippen LogP contribution in [0.4, 0.5) is 20.3 Å². The highest BCUT2D eigenvalue weighted by molar-refractivity contribution is 6.11. The fraction of sp³-hybridized carbons (Fsp3) is 0.429. The molecule has 0 unspecified atom stereocenters. The van der Waals surface area contributed by atoms with Gasteiger partial charge < -0.3 is 25.0 Å². The van der Waals surface area contributed by atoms with Crippen LogP contribution in [0.5, 0.6) is 11.5 Å². The largest absolute Gasteiger partial charge is 0.456 e. The number of nitrogens with zero attached hydrogens (tertiary/aromatic N) is 6. The number of hydrogen-bond acceptors (Lipinski definition) is 10. The Kier molecular flexibility index (Phi) is 12.0. The van der Waals surface area contributed by atoms with Gasteiger partial charge in [0.1, 0.15) is 22.9 Å². The molecule has 14 nitrogen and oxygen atoms in total. The summed E-state index contributed by atoms with van der Waals surface area (Å²) < 4.78 is 43.1. The van der Waals surface area contributed by atoms with Gasteiger partial charge in [-0.25, -0.2) is 18.3 Å². The van der Waals surface area contributed by atoms with E-state index in [9.17, 15) is 23.2 Å². The third-order valence-electron chi connectivity index (χ3n) is 11.2. The van der Waals surface area contributed by atoms with Crippen LogP contribution < -0.4 is 25.6 Å². The summed E-state index contributed by atoms with van der Waals surface area (Å²) in [4.78, 5) is 44.5. The topological polar surface area (TPSA) is 157 Å². The molecule has 0 atom stereocenters. The van der Waals surface area contributed by atoms with E-state index in [0.717, 1.165) is 70.0 Å². The minimum absolute atomic E-state index is 0.00834. The number of benzene rings is 2. The molecule has 3 N–H and O–H groups in total. The van der Waals surface area contributed by atoms with Crippen molar-refractivity contribution in [3.8, 4) is 11.5 Å². The number of carbonyl (C=O) groups is 3. The second kappa shape index (κ2) is 17.8. The molecule has 2 fully saturated rings. The summed E-state index contributed by atoms with van der Waals surface area (Å²) in [6.07, 6.45) is 9.33. The third-order valence-corrected chi connectivity index (χ3v) is 11.2. The first-order chi connectivity index (χ1) is 28.3. The Balaban J connectivity index is 0.778. The number of anilines is 2. The van der Waals surface area contributed by atoms with Gasteiger partial charge in [-0.2, -0.15) is 10.2 Å². The van der Waals surface area contributed by atoms with Crippen LogP contribution in [0, 0.1) is 5.92 Å². The smallest absolute Gasteiger partial charge is 0.284 e. The summed E-state index contributed by atoms with van der Waals surface area (Å²) in [5.41, 5.74) is 2.21. The van der Waals surface area contributed by atoms with E-state index in [4.69, 9.17) is 9.47 Å². The lowest BCUT2D eigenvalue weighted by Crippen LogP contribution is -2.37. The molecule has 58 heavy (non-hydrogen) atoms. The van der Waals surface area contributed by atoms with Crippen LogP contribution in [0.25, 0.3) is 5.65 Å². The van der Waals surface area contributed by atoms with Gasteiger partial charge in [0, 0.05) is 25.5 Å². The van der Waals surface area contributed by atoms with Crippen LogP contribution in [0.2, 0.25) is 0 Å². The number of alkyl halides is 2. The number of amides is 3. The molecule has 1 saturated heterocycles. The van der Waals surface area contributed by atoms with Gasteiger partial charge in [0.2, 0.25) is 5.91 Å². The molecule has 304 valence electrons. The van der Waals surface area contributed by atoms with Crippen molar-refractivity contribution in [2.75, 3.05) is 49.6 Å². The molecule has 1 saturated carbocycles. The van der Waals surface area contributed by atoms with Gasteiger partial charge in [0.15, 0.2) is 11.3 Å². The number of halogens is 2. The molecular weight excluding hydrogens is 749 g/mol. The number of carbonyl (C=O) groups excluding carboxylic acids is 3. The van der Waals surface area contributed by atoms with Crippen molar-refractivity contribution < 1.29 is 32.6 Å². The Morgan fingerprint density at radius 1 is 0.983 bits per heavy atom. The average Bonchev–Trinajstić information content (AvgIpc) is 3.86. The summed E-state index contributed by atoms with van der Waals surface area (Å²) in [7, 11) is 0. The molecule has 0 radical (unpaired) electrons. The highest BCUT2D eigenvalue weighted by Gasteiger charge is 2.29. The van der Waals surface area contributed by atoms with Gasteiger partial charge in [0.05, 0.1) is 43.1 Å². The number of para-hydroxylation sites is 1. The Hall–Kier alpha value is -5.74. The van der Waals surface area contributed by atoms with E-state index in [2.05, 4.69) is 36.0 Å². The molecule has 3 amide bonds. The van der Waals surface area contributed by atoms with Gasteiger partial charge in [-0.1, -0.05) is 36.8 Å². The number of rotatable bonds is 15. The van der Waals surface area contributed by atoms with Crippen molar-refractivity contribution in [3.63, 3.8) is 0 Å². The van der Waals surface area contributed by atoms with Crippen molar-refractivity contribution in [3.05, 3.63) is 95.1 Å². The molecule has 8 rings (SSSR count). The van der Waals surface area contributed by atoms with Crippen LogP contribution in [-0.4, -0.2) is 81.5 Å². The number of aryl methyl sites for hydroxylation is 1. The van der Waals surface area contributed by atoms with Crippen molar-refractivity contribution in [1.29, 1.82) is 0 Å². The molecule has 0 bridgehead atoms. The van der Waals surface area contributed by atoms with Crippen LogP contribution in [-0.2, 0) is 22.4 Å². The molecule has 2 aliphatic heterocycles. The monoisotopic (exact) mass is 795 g/mol. The number of unbranched alkanes of at least 4 members (excludes halogenated alkanes) is 2. The predicted octanol–water partition coefficient (Wildman–Crippen LogP) is 6.29. The van der Waals surface area contributed by atoms with Gasteiger partial charge in [-0.15, -0.1) is 0 Å². The molecule has 3 aliphatic rings. The van der Waals surface area contributed by atoms with Gasteiger partial charge >= 0.3 is 0 Å². The summed E-state index contributed by atoms with van der Waals surface area (Å²) in [6, 6.07) is 15.0. The maximum Gasteiger partial charge on any atom is 0.284 e. The van der Waals surface area contributed by atoms with Crippen molar-refractivity contribution >= 4 is 34.9 Å². The Bertz CT molecular complexity index is 2260. The maximum atomic E-state index is 14.2. The van der Waals surface area contributed by atoms with Crippen LogP contribution in [0.3, 0.4) is 0 Å². The average molecular weight is 796 g/mol. The van der Waals surface area contributed by atoms with E-state index in [0.29, 0.717) is 66.3 Å². The van der Waals surface area contributed by atoms with Crippen LogP contribution in [0.1, 0.15) is 94.9 Å². The molecular formula is C42H47F2N9O5. The number of hydrogen-bond donors (Lipinski definition) is 3. The lowest BCUT2D eigenvalue weighted by molar-refractivity contribution is -0.119. The van der Waals surface area contributed by atoms with Crippen LogP contribution >= 0.6 is 0 Å². The first kappa shape index (κ1) is 39.1. The first-order valence-corrected chi connectivity index (χ1v) is 20.1. The fourth-order valence-electron chi connectivity index (χ4n) is 8.09. The molecule has 5 aromatic rings. The maximum absolute atomic E-state index is 14.2. The highest BCUT2D eigenvalue weighted by atomic mass is 19.3. The molecule has 0 spiro atoms. The van der Waals surface area contributed by atoms with E-state index in [1.807, 2.05) is 30.3 Å². The Morgan fingerprint density at radius 2 is 1.79 bits per heavy atom. The highest BCUT2D eigenvalue weighted by Crippen LogP contribution is 2.35. The van der Waals surface area contributed by atoms with E-state index < -0.39 is 23.9 Å². The van der Waals surface area contributed by atoms with E-state index in [-0.39, 0.29) is 29.6 Å². The van der Waals surface area contributed by atoms with Crippen molar-refractivity contribution in [1.82, 2.24) is 35.0 Å². The quantitative estimate of drug-likeness (QED) is 0.0813. The lowest BCUT2D eigenvalue weighted by Gasteiger charge is -2.29. The normalized spacial score (nSPS) is 18.4. The molecule has 1 aliphatic carbocycles. The minimum Gasteiger partial charge on any atom is -0.456 e. The number of fused-ring (bicyclic) bond motifs is 2. The first-order valence-electron chi connectivity index (χ1n) is 20.1. The van der Waals surface area contributed by atoms with E-state index >= 15 is 0 Å². The molecule has 16 heteroatoms. The van der Waals surface area contributed by atoms with Crippen LogP contribution in [0.15, 0.2) is 67.1 Å². The number of ether oxygens (including phenoxy) is 2. The fourth-order valence-corrected chi connectivity index (χ4v) is 8.09. The molecule has 5 heterocycles. The Labute approximate surface area is 334 Å². The molecule has 2 aromatic carbocycles. The SMILES string of the molecule is O=C1Cc2cccc(Oc3ccccc3CCCCCNC[C@H]3CC[C@H](n4cc(NC(=O)c5cnn6ccc(N7CCOCC7)nc56)c(C(F)F)n4)CC3)c2C(=O)N1. The zero-order valence-electron chi connectivity index (χ0n) is 32.2.